The quantitative estimate of drug-likeness (QED) is 0.123. The van der Waals surface area contributed by atoms with Crippen LogP contribution in [0.15, 0.2) is 146 Å². The third-order valence-electron chi connectivity index (χ3n) is 11.5. The van der Waals surface area contributed by atoms with Crippen LogP contribution in [-0.2, 0) is 6.42 Å². The lowest BCUT2D eigenvalue weighted by molar-refractivity contribution is 0.0910. The monoisotopic (exact) mass is 838 g/mol. The van der Waals surface area contributed by atoms with Gasteiger partial charge in [-0.2, -0.15) is 0 Å². The largest absolute Gasteiger partial charge is 0.268 e. The van der Waals surface area contributed by atoms with Crippen molar-refractivity contribution in [3.05, 3.63) is 213 Å². The number of carbonyl (C=O) groups excluding carboxylic acids is 6. The van der Waals surface area contributed by atoms with Crippen molar-refractivity contribution in [3.8, 4) is 0 Å². The van der Waals surface area contributed by atoms with E-state index >= 15 is 0 Å². The molecule has 0 bridgehead atoms. The Bertz CT molecular complexity index is 2920. The van der Waals surface area contributed by atoms with Crippen LogP contribution in [0, 0.1) is 0 Å². The van der Waals surface area contributed by atoms with E-state index in [4.69, 9.17) is 15.0 Å². The fraction of sp³-hybridized carbons (Fsp3) is 0.0577. The molecule has 3 aliphatic rings. The van der Waals surface area contributed by atoms with Crippen LogP contribution in [0.3, 0.4) is 0 Å². The number of carbonyl (C=O) groups is 6. The van der Waals surface area contributed by atoms with Gasteiger partial charge in [0.05, 0.1) is 50.4 Å². The molecule has 1 unspecified atom stereocenters. The van der Waals surface area contributed by atoms with Crippen molar-refractivity contribution in [3.63, 3.8) is 0 Å². The first-order valence-corrected chi connectivity index (χ1v) is 20.5. The van der Waals surface area contributed by atoms with Gasteiger partial charge in [-0.15, -0.1) is 0 Å². The first kappa shape index (κ1) is 39.4. The molecule has 1 aromatic heterocycles. The molecule has 12 nitrogen and oxygen atoms in total. The molecular weight excluding hydrogens is 805 g/mol. The summed E-state index contributed by atoms with van der Waals surface area (Å²) in [5.41, 5.74) is 6.17. The molecule has 6 amide bonds. The second-order valence-electron chi connectivity index (χ2n) is 15.5. The summed E-state index contributed by atoms with van der Waals surface area (Å²) in [5.74, 6) is -0.947. The number of aromatic nitrogens is 3. The van der Waals surface area contributed by atoms with Gasteiger partial charge in [-0.05, 0) is 108 Å². The zero-order valence-electron chi connectivity index (χ0n) is 34.1. The summed E-state index contributed by atoms with van der Waals surface area (Å²) >= 11 is 0. The van der Waals surface area contributed by atoms with Crippen LogP contribution in [0.4, 0.5) is 17.1 Å². The molecule has 7 aromatic rings. The minimum absolute atomic E-state index is 0.0725. The fourth-order valence-electron chi connectivity index (χ4n) is 8.12. The highest BCUT2D eigenvalue weighted by Crippen LogP contribution is 2.32. The van der Waals surface area contributed by atoms with Crippen LogP contribution in [0.5, 0.6) is 0 Å². The van der Waals surface area contributed by atoms with E-state index in [1.807, 2.05) is 31.2 Å². The molecule has 0 spiro atoms. The lowest BCUT2D eigenvalue weighted by Crippen LogP contribution is -2.29. The summed E-state index contributed by atoms with van der Waals surface area (Å²) in [7, 11) is 0. The van der Waals surface area contributed by atoms with Crippen molar-refractivity contribution in [1.29, 1.82) is 0 Å². The first-order chi connectivity index (χ1) is 31.1. The summed E-state index contributed by atoms with van der Waals surface area (Å²) in [4.78, 5) is 96.3. The molecule has 1 atom stereocenters. The Kier molecular flexibility index (Phi) is 9.80. The molecule has 0 fully saturated rings. The van der Waals surface area contributed by atoms with Crippen LogP contribution in [-0.4, -0.2) is 50.4 Å². The highest BCUT2D eigenvalue weighted by Gasteiger charge is 2.38. The highest BCUT2D eigenvalue weighted by atomic mass is 16.2. The average Bonchev–Trinajstić information content (AvgIpc) is 3.85. The van der Waals surface area contributed by atoms with Gasteiger partial charge in [0, 0.05) is 6.42 Å². The molecule has 12 heteroatoms. The Labute approximate surface area is 366 Å². The van der Waals surface area contributed by atoms with E-state index in [9.17, 15) is 28.8 Å². The van der Waals surface area contributed by atoms with Crippen LogP contribution in [0.1, 0.15) is 109 Å². The Morgan fingerprint density at radius 2 is 0.688 bits per heavy atom. The van der Waals surface area contributed by atoms with Crippen molar-refractivity contribution in [1.82, 2.24) is 15.0 Å². The highest BCUT2D eigenvalue weighted by molar-refractivity contribution is 6.36. The number of imide groups is 3. The maximum Gasteiger partial charge on any atom is 0.266 e. The Morgan fingerprint density at radius 3 is 1.00 bits per heavy atom. The summed E-state index contributed by atoms with van der Waals surface area (Å²) in [6, 6.07) is 41.7. The molecule has 64 heavy (non-hydrogen) atoms. The van der Waals surface area contributed by atoms with Gasteiger partial charge in [0.1, 0.15) is 5.82 Å². The number of anilines is 3. The molecule has 0 aliphatic carbocycles. The maximum absolute atomic E-state index is 13.1. The van der Waals surface area contributed by atoms with E-state index in [1.54, 1.807) is 146 Å². The second-order valence-corrected chi connectivity index (χ2v) is 15.5. The van der Waals surface area contributed by atoms with E-state index in [0.29, 0.717) is 74.3 Å². The molecule has 6 aromatic carbocycles. The van der Waals surface area contributed by atoms with Gasteiger partial charge in [0.2, 0.25) is 0 Å². The predicted molar refractivity (Wildman–Crippen MR) is 242 cm³/mol. The molecule has 10 rings (SSSR count). The van der Waals surface area contributed by atoms with E-state index in [0.717, 1.165) is 16.7 Å². The number of fused-ring (bicyclic) bond motifs is 3. The van der Waals surface area contributed by atoms with E-state index in [1.165, 1.54) is 14.7 Å². The van der Waals surface area contributed by atoms with Crippen molar-refractivity contribution < 1.29 is 28.8 Å². The number of hydrogen-bond donors (Lipinski definition) is 0. The van der Waals surface area contributed by atoms with Gasteiger partial charge in [-0.1, -0.05) is 91.9 Å². The van der Waals surface area contributed by atoms with Gasteiger partial charge in [0.15, 0.2) is 11.6 Å². The van der Waals surface area contributed by atoms with E-state index < -0.39 is 0 Å². The second kappa shape index (κ2) is 15.9. The minimum Gasteiger partial charge on any atom is -0.268 e. The topological polar surface area (TPSA) is 151 Å². The number of rotatable bonds is 10. The molecule has 0 radical (unpaired) electrons. The van der Waals surface area contributed by atoms with Crippen LogP contribution < -0.4 is 14.7 Å². The zero-order valence-corrected chi connectivity index (χ0v) is 34.1. The van der Waals surface area contributed by atoms with E-state index in [-0.39, 0.29) is 41.4 Å². The van der Waals surface area contributed by atoms with Crippen molar-refractivity contribution >= 4 is 76.8 Å². The van der Waals surface area contributed by atoms with E-state index in [2.05, 4.69) is 0 Å². The number of nitrogens with zero attached hydrogens (tertiary/aromatic N) is 6. The lowest BCUT2D eigenvalue weighted by atomic mass is 9.97. The summed E-state index contributed by atoms with van der Waals surface area (Å²) in [6.07, 6.45) is 7.62. The molecule has 0 saturated carbocycles. The summed E-state index contributed by atoms with van der Waals surface area (Å²) < 4.78 is 0. The van der Waals surface area contributed by atoms with Gasteiger partial charge in [-0.25, -0.2) is 29.7 Å². The molecule has 0 saturated heterocycles. The number of benzene rings is 6. The van der Waals surface area contributed by atoms with Crippen molar-refractivity contribution in [2.24, 2.45) is 0 Å². The summed E-state index contributed by atoms with van der Waals surface area (Å²) in [6.45, 7) is 2.04. The Balaban J connectivity index is 0.897. The van der Waals surface area contributed by atoms with Crippen LogP contribution in [0.2, 0.25) is 0 Å². The SMILES string of the molecule is CC(Cc1nc(/C=C/c2ccc(N3C(=O)c4ccccc4C3=O)cc2)nc(/C=C/c2ccc(N3C(=O)c4ccccc4C3=O)cc2)n1)c1ccc(N2C(=O)c3ccccc3C2=O)cc1. The van der Waals surface area contributed by atoms with Crippen LogP contribution in [0.25, 0.3) is 24.3 Å². The maximum atomic E-state index is 13.1. The van der Waals surface area contributed by atoms with Gasteiger partial charge < -0.3 is 0 Å². The normalized spacial score (nSPS) is 14.9. The third-order valence-corrected chi connectivity index (χ3v) is 11.5. The lowest BCUT2D eigenvalue weighted by Gasteiger charge is -2.16. The minimum atomic E-state index is -0.367. The molecule has 4 heterocycles. The number of hydrogen-bond acceptors (Lipinski definition) is 9. The van der Waals surface area contributed by atoms with Crippen LogP contribution >= 0.6 is 0 Å². The zero-order chi connectivity index (χ0) is 44.1. The first-order valence-electron chi connectivity index (χ1n) is 20.5. The Hall–Kier alpha value is -8.77. The molecular formula is C52H34N6O6. The standard InChI is InChI=1S/C52H34N6O6/c1-31(34-20-26-37(27-21-34)58-51(63)42-12-6-7-13-43(42)52(58)64)30-46-54-44(28-18-32-14-22-35(23-15-32)56-47(59)38-8-2-3-9-39(38)48(56)60)53-45(55-46)29-19-33-16-24-36(25-17-33)57-49(61)40-10-4-5-11-41(40)50(57)62/h2-29,31H,30H2,1H3/b28-18+,29-19+. The van der Waals surface area contributed by atoms with Gasteiger partial charge in [0.25, 0.3) is 35.4 Å². The molecule has 3 aliphatic heterocycles. The average molecular weight is 839 g/mol. The van der Waals surface area contributed by atoms with Crippen molar-refractivity contribution in [2.75, 3.05) is 14.7 Å². The fourth-order valence-corrected chi connectivity index (χ4v) is 8.12. The molecule has 308 valence electrons. The predicted octanol–water partition coefficient (Wildman–Crippen LogP) is 8.96. The third kappa shape index (κ3) is 6.98. The van der Waals surface area contributed by atoms with Gasteiger partial charge in [-0.3, -0.25) is 28.8 Å². The Morgan fingerprint density at radius 1 is 0.391 bits per heavy atom. The van der Waals surface area contributed by atoms with Gasteiger partial charge >= 0.3 is 0 Å². The number of amides is 6. The molecule has 0 N–H and O–H groups in total. The summed E-state index contributed by atoms with van der Waals surface area (Å²) in [5, 5.41) is 0. The smallest absolute Gasteiger partial charge is 0.266 e. The van der Waals surface area contributed by atoms with Crippen molar-refractivity contribution in [2.45, 2.75) is 19.3 Å².